The Morgan fingerprint density at radius 3 is 2.88 bits per heavy atom. The molecule has 3 rings (SSSR count). The normalized spacial score (nSPS) is 11.5. The van der Waals surface area contributed by atoms with Gasteiger partial charge < -0.3 is 4.57 Å². The van der Waals surface area contributed by atoms with Crippen LogP contribution in [-0.4, -0.2) is 30.6 Å². The number of hydrogen-bond donors (Lipinski definition) is 1. The van der Waals surface area contributed by atoms with E-state index >= 15 is 0 Å². The number of nitro benzene ring substituents is 1. The van der Waals surface area contributed by atoms with Gasteiger partial charge in [-0.2, -0.15) is 14.9 Å². The lowest BCUT2D eigenvalue weighted by molar-refractivity contribution is -0.384. The Labute approximate surface area is 144 Å². The number of alkyl halides is 2. The minimum absolute atomic E-state index is 0.0638. The highest BCUT2D eigenvalue weighted by molar-refractivity contribution is 7.71. The van der Waals surface area contributed by atoms with Crippen LogP contribution in [-0.2, 0) is 0 Å². The first kappa shape index (κ1) is 16.6. The molecule has 2 heterocycles. The molecule has 2 aromatic heterocycles. The van der Waals surface area contributed by atoms with Crippen molar-refractivity contribution in [2.24, 2.45) is 5.10 Å². The van der Waals surface area contributed by atoms with Gasteiger partial charge in [0.15, 0.2) is 0 Å². The van der Waals surface area contributed by atoms with Crippen molar-refractivity contribution in [2.75, 3.05) is 0 Å². The van der Waals surface area contributed by atoms with Gasteiger partial charge >= 0.3 is 0 Å². The van der Waals surface area contributed by atoms with Crippen LogP contribution in [0.25, 0.3) is 5.69 Å². The van der Waals surface area contributed by atoms with Gasteiger partial charge in [-0.1, -0.05) is 6.07 Å². The molecule has 3 aromatic rings. The van der Waals surface area contributed by atoms with Crippen molar-refractivity contribution < 1.29 is 13.7 Å². The van der Waals surface area contributed by atoms with E-state index in [4.69, 9.17) is 12.2 Å². The highest BCUT2D eigenvalue weighted by Crippen LogP contribution is 2.19. The average Bonchev–Trinajstić information content (AvgIpc) is 3.19. The molecule has 0 saturated heterocycles. The first-order valence-corrected chi connectivity index (χ1v) is 7.30. The highest BCUT2D eigenvalue weighted by atomic mass is 32.1. The minimum atomic E-state index is -2.84. The summed E-state index contributed by atoms with van der Waals surface area (Å²) in [6, 6.07) is 9.37. The maximum Gasteiger partial charge on any atom is 0.299 e. The summed E-state index contributed by atoms with van der Waals surface area (Å²) in [7, 11) is 0. The van der Waals surface area contributed by atoms with E-state index in [2.05, 4.69) is 15.3 Å². The van der Waals surface area contributed by atoms with Gasteiger partial charge in [0, 0.05) is 18.3 Å². The van der Waals surface area contributed by atoms with Crippen molar-refractivity contribution in [3.8, 4) is 5.69 Å². The molecule has 0 fully saturated rings. The molecule has 11 heteroatoms. The van der Waals surface area contributed by atoms with Crippen LogP contribution >= 0.6 is 12.2 Å². The van der Waals surface area contributed by atoms with Crippen LogP contribution in [0, 0.1) is 14.9 Å². The quantitative estimate of drug-likeness (QED) is 0.325. The summed E-state index contributed by atoms with van der Waals surface area (Å²) in [6.45, 7) is 0. The van der Waals surface area contributed by atoms with Crippen molar-refractivity contribution in [2.45, 2.75) is 6.43 Å². The predicted octanol–water partition coefficient (Wildman–Crippen LogP) is 3.46. The SMILES string of the molecule is O=[N+]([O-])c1cccc(-n2cccc2C=Nn2c(C(F)F)n[nH]c2=S)c1. The Morgan fingerprint density at radius 2 is 2.16 bits per heavy atom. The second-order valence-electron chi connectivity index (χ2n) is 4.82. The average molecular weight is 364 g/mol. The Bertz CT molecular complexity index is 1010. The number of aromatic nitrogens is 4. The Morgan fingerprint density at radius 1 is 1.36 bits per heavy atom. The van der Waals surface area contributed by atoms with Crippen molar-refractivity contribution in [3.05, 3.63) is 69.0 Å². The fourth-order valence-electron chi connectivity index (χ4n) is 2.16. The predicted molar refractivity (Wildman–Crippen MR) is 87.8 cm³/mol. The minimum Gasteiger partial charge on any atom is -0.315 e. The smallest absolute Gasteiger partial charge is 0.299 e. The van der Waals surface area contributed by atoms with Gasteiger partial charge in [0.25, 0.3) is 12.1 Å². The summed E-state index contributed by atoms with van der Waals surface area (Å²) in [5, 5.41) is 20.5. The van der Waals surface area contributed by atoms with Crippen molar-refractivity contribution in [1.82, 2.24) is 19.4 Å². The largest absolute Gasteiger partial charge is 0.315 e. The van der Waals surface area contributed by atoms with Gasteiger partial charge in [0.2, 0.25) is 10.6 Å². The van der Waals surface area contributed by atoms with Gasteiger partial charge in [-0.25, -0.2) is 13.9 Å². The fraction of sp³-hybridized carbons (Fsp3) is 0.0714. The summed E-state index contributed by atoms with van der Waals surface area (Å²) >= 11 is 4.88. The molecular weight excluding hydrogens is 354 g/mol. The van der Waals surface area contributed by atoms with Gasteiger partial charge in [-0.3, -0.25) is 10.1 Å². The Balaban J connectivity index is 1.98. The van der Waals surface area contributed by atoms with E-state index in [1.807, 2.05) is 0 Å². The van der Waals surface area contributed by atoms with Crippen LogP contribution in [0.3, 0.4) is 0 Å². The molecule has 1 N–H and O–H groups in total. The van der Waals surface area contributed by atoms with Crippen LogP contribution in [0.15, 0.2) is 47.7 Å². The van der Waals surface area contributed by atoms with Gasteiger partial charge in [0.05, 0.1) is 22.5 Å². The number of nitrogens with one attached hydrogen (secondary N) is 1. The molecule has 0 saturated carbocycles. The first-order valence-electron chi connectivity index (χ1n) is 6.89. The highest BCUT2D eigenvalue weighted by Gasteiger charge is 2.16. The monoisotopic (exact) mass is 364 g/mol. The van der Waals surface area contributed by atoms with Crippen LogP contribution in [0.1, 0.15) is 17.9 Å². The van der Waals surface area contributed by atoms with Crippen molar-refractivity contribution >= 4 is 24.1 Å². The van der Waals surface area contributed by atoms with E-state index in [9.17, 15) is 18.9 Å². The number of rotatable bonds is 5. The number of benzene rings is 1. The van der Waals surface area contributed by atoms with E-state index in [-0.39, 0.29) is 10.5 Å². The zero-order chi connectivity index (χ0) is 18.0. The number of nitro groups is 1. The van der Waals surface area contributed by atoms with Crippen LogP contribution in [0.5, 0.6) is 0 Å². The third-order valence-corrected chi connectivity index (χ3v) is 3.54. The lowest BCUT2D eigenvalue weighted by Crippen LogP contribution is -2.02. The number of hydrogen-bond acceptors (Lipinski definition) is 5. The maximum atomic E-state index is 12.9. The number of aromatic amines is 1. The van der Waals surface area contributed by atoms with Gasteiger partial charge in [-0.05, 0) is 30.4 Å². The molecule has 1 aromatic carbocycles. The summed E-state index contributed by atoms with van der Waals surface area (Å²) in [6.07, 6.45) is 0.146. The Hall–Kier alpha value is -3.21. The lowest BCUT2D eigenvalue weighted by Gasteiger charge is -2.06. The second kappa shape index (κ2) is 6.73. The summed E-state index contributed by atoms with van der Waals surface area (Å²) in [5.41, 5.74) is 0.987. The van der Waals surface area contributed by atoms with Crippen molar-refractivity contribution in [1.29, 1.82) is 0 Å². The molecular formula is C14H10F2N6O2S. The van der Waals surface area contributed by atoms with Gasteiger partial charge in [0.1, 0.15) is 0 Å². The van der Waals surface area contributed by atoms with Crippen LogP contribution in [0.2, 0.25) is 0 Å². The molecule has 0 aliphatic heterocycles. The Kier molecular flexibility index (Phi) is 4.48. The second-order valence-corrected chi connectivity index (χ2v) is 5.21. The van der Waals surface area contributed by atoms with Crippen molar-refractivity contribution in [3.63, 3.8) is 0 Å². The summed E-state index contributed by atoms with van der Waals surface area (Å²) in [5.74, 6) is -0.602. The topological polar surface area (TPSA) is 94.0 Å². The van der Waals surface area contributed by atoms with Gasteiger partial charge in [-0.15, -0.1) is 0 Å². The lowest BCUT2D eigenvalue weighted by atomic mass is 10.2. The van der Waals surface area contributed by atoms with Crippen LogP contribution in [0.4, 0.5) is 14.5 Å². The fourth-order valence-corrected chi connectivity index (χ4v) is 2.35. The molecule has 0 atom stereocenters. The molecule has 0 aliphatic carbocycles. The molecule has 0 aliphatic rings. The van der Waals surface area contributed by atoms with Crippen LogP contribution < -0.4 is 0 Å². The number of halogens is 2. The molecule has 8 nitrogen and oxygen atoms in total. The maximum absolute atomic E-state index is 12.9. The van der Waals surface area contributed by atoms with E-state index in [0.29, 0.717) is 11.4 Å². The molecule has 128 valence electrons. The molecule has 0 bridgehead atoms. The number of nitrogens with zero attached hydrogens (tertiary/aromatic N) is 5. The first-order chi connectivity index (χ1) is 12.0. The standard InChI is InChI=1S/C14H10F2N6O2S/c15-12(16)13-18-19-14(25)21(13)17-8-11-5-2-6-20(11)9-3-1-4-10(7-9)22(23)24/h1-8,12H,(H,19,25). The zero-order valence-electron chi connectivity index (χ0n) is 12.4. The van der Waals surface area contributed by atoms with E-state index < -0.39 is 17.2 Å². The molecule has 0 spiro atoms. The number of H-pyrrole nitrogens is 1. The zero-order valence-corrected chi connectivity index (χ0v) is 13.2. The van der Waals surface area contributed by atoms with E-state index in [0.717, 1.165) is 4.68 Å². The summed E-state index contributed by atoms with van der Waals surface area (Å²) < 4.78 is 28.1. The third kappa shape index (κ3) is 3.35. The molecule has 0 amide bonds. The third-order valence-electron chi connectivity index (χ3n) is 3.28. The number of non-ortho nitro benzene ring substituents is 1. The molecule has 0 unspecified atom stereocenters. The molecule has 25 heavy (non-hydrogen) atoms. The molecule has 0 radical (unpaired) electrons. The van der Waals surface area contributed by atoms with E-state index in [1.165, 1.54) is 18.3 Å². The van der Waals surface area contributed by atoms with E-state index in [1.54, 1.807) is 35.0 Å². The summed E-state index contributed by atoms with van der Waals surface area (Å²) in [4.78, 5) is 10.4.